The van der Waals surface area contributed by atoms with Gasteiger partial charge in [-0.3, -0.25) is 0 Å². The summed E-state index contributed by atoms with van der Waals surface area (Å²) >= 11 is 0. The predicted octanol–water partition coefficient (Wildman–Crippen LogP) is 2.62. The molecule has 0 radical (unpaired) electrons. The SMILES string of the molecule is COCOc1ccccc1C(=O)OC(C)(C)C. The van der Waals surface area contributed by atoms with Crippen LogP contribution in [-0.2, 0) is 9.47 Å². The number of rotatable bonds is 4. The van der Waals surface area contributed by atoms with E-state index in [0.29, 0.717) is 11.3 Å². The number of ether oxygens (including phenoxy) is 3. The Hall–Kier alpha value is -1.55. The van der Waals surface area contributed by atoms with E-state index in [2.05, 4.69) is 0 Å². The first kappa shape index (κ1) is 13.5. The number of benzene rings is 1. The summed E-state index contributed by atoms with van der Waals surface area (Å²) in [5.41, 5.74) is -0.120. The summed E-state index contributed by atoms with van der Waals surface area (Å²) < 4.78 is 15.4. The Morgan fingerprint density at radius 2 is 1.88 bits per heavy atom. The first-order chi connectivity index (χ1) is 7.94. The average Bonchev–Trinajstić information content (AvgIpc) is 2.24. The molecule has 0 aromatic heterocycles. The third kappa shape index (κ3) is 4.44. The van der Waals surface area contributed by atoms with E-state index < -0.39 is 11.6 Å². The van der Waals surface area contributed by atoms with Crippen LogP contribution in [0.3, 0.4) is 0 Å². The van der Waals surface area contributed by atoms with E-state index in [4.69, 9.17) is 14.2 Å². The molecule has 17 heavy (non-hydrogen) atoms. The lowest BCUT2D eigenvalue weighted by atomic mass is 10.1. The van der Waals surface area contributed by atoms with Gasteiger partial charge < -0.3 is 14.2 Å². The highest BCUT2D eigenvalue weighted by Crippen LogP contribution is 2.21. The van der Waals surface area contributed by atoms with E-state index in [0.717, 1.165) is 0 Å². The van der Waals surface area contributed by atoms with Crippen molar-refractivity contribution in [2.45, 2.75) is 26.4 Å². The van der Waals surface area contributed by atoms with Crippen LogP contribution in [0.4, 0.5) is 0 Å². The largest absolute Gasteiger partial charge is 0.467 e. The Morgan fingerprint density at radius 3 is 2.47 bits per heavy atom. The van der Waals surface area contributed by atoms with Crippen LogP contribution in [-0.4, -0.2) is 25.5 Å². The van der Waals surface area contributed by atoms with Crippen LogP contribution in [0, 0.1) is 0 Å². The minimum absolute atomic E-state index is 0.0970. The predicted molar refractivity (Wildman–Crippen MR) is 64.1 cm³/mol. The quantitative estimate of drug-likeness (QED) is 0.597. The molecule has 0 amide bonds. The van der Waals surface area contributed by atoms with Crippen molar-refractivity contribution in [2.24, 2.45) is 0 Å². The Bertz CT molecular complexity index is 379. The molecule has 0 heterocycles. The minimum atomic E-state index is -0.522. The van der Waals surface area contributed by atoms with Crippen molar-refractivity contribution in [1.29, 1.82) is 0 Å². The molecular weight excluding hydrogens is 220 g/mol. The van der Waals surface area contributed by atoms with Gasteiger partial charge in [0.05, 0.1) is 0 Å². The second kappa shape index (κ2) is 5.68. The average molecular weight is 238 g/mol. The van der Waals surface area contributed by atoms with E-state index in [1.807, 2.05) is 20.8 Å². The zero-order valence-electron chi connectivity index (χ0n) is 10.6. The van der Waals surface area contributed by atoms with Gasteiger partial charge >= 0.3 is 5.97 Å². The van der Waals surface area contributed by atoms with Crippen LogP contribution < -0.4 is 4.74 Å². The molecule has 0 spiro atoms. The van der Waals surface area contributed by atoms with Gasteiger partial charge in [-0.25, -0.2) is 4.79 Å². The molecule has 0 aliphatic heterocycles. The summed E-state index contributed by atoms with van der Waals surface area (Å²) in [6, 6.07) is 6.93. The number of hydrogen-bond donors (Lipinski definition) is 0. The second-order valence-corrected chi connectivity index (χ2v) is 4.55. The maximum absolute atomic E-state index is 11.9. The van der Waals surface area contributed by atoms with Crippen LogP contribution in [0.1, 0.15) is 31.1 Å². The molecule has 0 N–H and O–H groups in total. The highest BCUT2D eigenvalue weighted by Gasteiger charge is 2.20. The molecular formula is C13H18O4. The van der Waals surface area contributed by atoms with E-state index >= 15 is 0 Å². The van der Waals surface area contributed by atoms with Gasteiger partial charge in [-0.1, -0.05) is 12.1 Å². The molecule has 0 unspecified atom stereocenters. The maximum Gasteiger partial charge on any atom is 0.342 e. The summed E-state index contributed by atoms with van der Waals surface area (Å²) in [5.74, 6) is 0.0628. The molecule has 4 nitrogen and oxygen atoms in total. The van der Waals surface area contributed by atoms with Gasteiger partial charge in [-0.05, 0) is 32.9 Å². The lowest BCUT2D eigenvalue weighted by Crippen LogP contribution is -2.24. The molecule has 0 atom stereocenters. The molecule has 0 aliphatic carbocycles. The van der Waals surface area contributed by atoms with Crippen molar-refractivity contribution in [2.75, 3.05) is 13.9 Å². The molecule has 0 bridgehead atoms. The summed E-state index contributed by atoms with van der Waals surface area (Å²) in [7, 11) is 1.52. The number of carbonyl (C=O) groups excluding carboxylic acids is 1. The fourth-order valence-corrected chi connectivity index (χ4v) is 1.22. The topological polar surface area (TPSA) is 44.8 Å². The van der Waals surface area contributed by atoms with E-state index in [-0.39, 0.29) is 6.79 Å². The van der Waals surface area contributed by atoms with Gasteiger partial charge in [0.2, 0.25) is 0 Å². The van der Waals surface area contributed by atoms with Crippen molar-refractivity contribution in [3.63, 3.8) is 0 Å². The first-order valence-electron chi connectivity index (χ1n) is 5.38. The van der Waals surface area contributed by atoms with E-state index in [1.54, 1.807) is 24.3 Å². The van der Waals surface area contributed by atoms with Gasteiger partial charge in [0.25, 0.3) is 0 Å². The normalized spacial score (nSPS) is 11.1. The summed E-state index contributed by atoms with van der Waals surface area (Å²) in [5, 5.41) is 0. The zero-order valence-corrected chi connectivity index (χ0v) is 10.6. The van der Waals surface area contributed by atoms with Crippen molar-refractivity contribution in [3.8, 4) is 5.75 Å². The van der Waals surface area contributed by atoms with Crippen LogP contribution >= 0.6 is 0 Å². The number of carbonyl (C=O) groups is 1. The van der Waals surface area contributed by atoms with E-state index in [1.165, 1.54) is 7.11 Å². The third-order valence-corrected chi connectivity index (χ3v) is 1.84. The molecule has 1 rings (SSSR count). The van der Waals surface area contributed by atoms with Crippen molar-refractivity contribution in [1.82, 2.24) is 0 Å². The second-order valence-electron chi connectivity index (χ2n) is 4.55. The summed E-state index contributed by atoms with van der Waals surface area (Å²) in [6.07, 6.45) is 0. The maximum atomic E-state index is 11.9. The summed E-state index contributed by atoms with van der Waals surface area (Å²) in [6.45, 7) is 5.57. The number of hydrogen-bond acceptors (Lipinski definition) is 4. The lowest BCUT2D eigenvalue weighted by Gasteiger charge is -2.20. The van der Waals surface area contributed by atoms with Gasteiger partial charge in [-0.15, -0.1) is 0 Å². The van der Waals surface area contributed by atoms with Crippen molar-refractivity contribution < 1.29 is 19.0 Å². The van der Waals surface area contributed by atoms with Crippen LogP contribution in [0.25, 0.3) is 0 Å². The zero-order chi connectivity index (χ0) is 12.9. The van der Waals surface area contributed by atoms with Crippen LogP contribution in [0.15, 0.2) is 24.3 Å². The monoisotopic (exact) mass is 238 g/mol. The minimum Gasteiger partial charge on any atom is -0.467 e. The molecule has 1 aromatic carbocycles. The molecule has 4 heteroatoms. The standard InChI is InChI=1S/C13H18O4/c1-13(2,3)17-12(14)10-7-5-6-8-11(10)16-9-15-4/h5-8H,9H2,1-4H3. The molecule has 0 fully saturated rings. The van der Waals surface area contributed by atoms with Crippen molar-refractivity contribution in [3.05, 3.63) is 29.8 Å². The van der Waals surface area contributed by atoms with E-state index in [9.17, 15) is 4.79 Å². The Morgan fingerprint density at radius 1 is 1.24 bits per heavy atom. The number of methoxy groups -OCH3 is 1. The van der Waals surface area contributed by atoms with Gasteiger partial charge in [0, 0.05) is 7.11 Å². The highest BCUT2D eigenvalue weighted by molar-refractivity contribution is 5.92. The fourth-order valence-electron chi connectivity index (χ4n) is 1.22. The number of esters is 1. The molecule has 0 saturated carbocycles. The fraction of sp³-hybridized carbons (Fsp3) is 0.462. The Kier molecular flexibility index (Phi) is 4.52. The summed E-state index contributed by atoms with van der Waals surface area (Å²) in [4.78, 5) is 11.9. The molecule has 0 saturated heterocycles. The van der Waals surface area contributed by atoms with Gasteiger partial charge in [-0.2, -0.15) is 0 Å². The van der Waals surface area contributed by atoms with Gasteiger partial charge in [0.15, 0.2) is 6.79 Å². The van der Waals surface area contributed by atoms with Crippen LogP contribution in [0.2, 0.25) is 0 Å². The number of para-hydroxylation sites is 1. The smallest absolute Gasteiger partial charge is 0.342 e. The molecule has 94 valence electrons. The first-order valence-corrected chi connectivity index (χ1v) is 5.38. The lowest BCUT2D eigenvalue weighted by molar-refractivity contribution is 0.00556. The Balaban J connectivity index is 2.85. The third-order valence-electron chi connectivity index (χ3n) is 1.84. The van der Waals surface area contributed by atoms with Crippen LogP contribution in [0.5, 0.6) is 5.75 Å². The Labute approximate surface area is 101 Å². The molecule has 1 aromatic rings. The molecule has 0 aliphatic rings. The van der Waals surface area contributed by atoms with Gasteiger partial charge in [0.1, 0.15) is 16.9 Å². The highest BCUT2D eigenvalue weighted by atomic mass is 16.7. The van der Waals surface area contributed by atoms with Crippen molar-refractivity contribution >= 4 is 5.97 Å².